The Hall–Kier alpha value is -2.10. The fraction of sp³-hybridized carbons (Fsp3) is 0.300. The van der Waals surface area contributed by atoms with E-state index in [1.165, 1.54) is 0 Å². The summed E-state index contributed by atoms with van der Waals surface area (Å²) in [4.78, 5) is 22.5. The number of carboxylic acids is 1. The summed E-state index contributed by atoms with van der Waals surface area (Å²) in [5.74, 6) is -0.932. The molecule has 0 heterocycles. The van der Waals surface area contributed by atoms with Gasteiger partial charge in [-0.15, -0.1) is 0 Å². The lowest BCUT2D eigenvalue weighted by atomic mass is 9.99. The van der Waals surface area contributed by atoms with Gasteiger partial charge in [0.2, 0.25) is 5.91 Å². The predicted molar refractivity (Wildman–Crippen MR) is 116 cm³/mol. The van der Waals surface area contributed by atoms with Gasteiger partial charge in [-0.25, -0.2) is 0 Å². The monoisotopic (exact) mass is 529 g/mol. The van der Waals surface area contributed by atoms with E-state index in [4.69, 9.17) is 9.84 Å². The van der Waals surface area contributed by atoms with Gasteiger partial charge in [-0.05, 0) is 68.5 Å². The van der Waals surface area contributed by atoms with Crippen LogP contribution in [0.25, 0.3) is 0 Å². The number of hydrogen-bond donors (Lipinski definition) is 4. The molecule has 0 saturated heterocycles. The average Bonchev–Trinajstić information content (AvgIpc) is 2.63. The maximum absolute atomic E-state index is 11.8. The fourth-order valence-corrected chi connectivity index (χ4v) is 3.96. The van der Waals surface area contributed by atoms with E-state index >= 15 is 0 Å². The molecule has 2 rings (SSSR count). The summed E-state index contributed by atoms with van der Waals surface area (Å²) in [5, 5.41) is 31.1. The summed E-state index contributed by atoms with van der Waals surface area (Å²) in [7, 11) is 0. The number of aliphatic hydroxyl groups is 1. The van der Waals surface area contributed by atoms with E-state index in [0.717, 1.165) is 0 Å². The molecule has 0 unspecified atom stereocenters. The number of ether oxygens (including phenoxy) is 1. The standard InChI is InChI=1S/C20H21Br2NO6/c1-9(2)13-5-12(4-11(8-24)19(13)28)29-20-14(21)6-15(10(3)18(20)22)23-16(25)7-17(26)27/h4-6,9,24,28H,7-8H2,1-3H3,(H,23,25)(H,26,27). The van der Waals surface area contributed by atoms with Crippen LogP contribution >= 0.6 is 31.9 Å². The number of nitrogens with one attached hydrogen (secondary N) is 1. The second-order valence-corrected chi connectivity index (χ2v) is 8.38. The number of aliphatic carboxylic acids is 1. The maximum Gasteiger partial charge on any atom is 0.312 e. The fourth-order valence-electron chi connectivity index (χ4n) is 2.68. The molecule has 7 nitrogen and oxygen atoms in total. The first-order chi connectivity index (χ1) is 13.5. The van der Waals surface area contributed by atoms with Gasteiger partial charge in [0.25, 0.3) is 0 Å². The zero-order valence-corrected chi connectivity index (χ0v) is 19.2. The number of rotatable bonds is 7. The van der Waals surface area contributed by atoms with Gasteiger partial charge in [-0.2, -0.15) is 0 Å². The largest absolute Gasteiger partial charge is 0.507 e. The Morgan fingerprint density at radius 2 is 1.86 bits per heavy atom. The summed E-state index contributed by atoms with van der Waals surface area (Å²) in [6, 6.07) is 4.87. The van der Waals surface area contributed by atoms with Crippen molar-refractivity contribution >= 4 is 49.4 Å². The van der Waals surface area contributed by atoms with Gasteiger partial charge in [0.05, 0.1) is 15.6 Å². The topological polar surface area (TPSA) is 116 Å². The van der Waals surface area contributed by atoms with Gasteiger partial charge >= 0.3 is 5.97 Å². The number of anilines is 1. The van der Waals surface area contributed by atoms with Crippen LogP contribution in [-0.2, 0) is 16.2 Å². The molecule has 0 bridgehead atoms. The van der Waals surface area contributed by atoms with Crippen LogP contribution in [0.5, 0.6) is 17.2 Å². The van der Waals surface area contributed by atoms with E-state index in [1.807, 2.05) is 13.8 Å². The maximum atomic E-state index is 11.8. The second kappa shape index (κ2) is 9.60. The van der Waals surface area contributed by atoms with Crippen molar-refractivity contribution in [3.8, 4) is 17.2 Å². The minimum atomic E-state index is -1.22. The predicted octanol–water partition coefficient (Wildman–Crippen LogP) is 5.05. The molecule has 2 aromatic rings. The summed E-state index contributed by atoms with van der Waals surface area (Å²) in [6.07, 6.45) is -0.637. The van der Waals surface area contributed by atoms with E-state index < -0.39 is 18.3 Å². The number of phenols is 1. The first kappa shape index (κ1) is 23.2. The van der Waals surface area contributed by atoms with Crippen molar-refractivity contribution in [3.05, 3.63) is 43.8 Å². The molecule has 9 heteroatoms. The molecule has 0 aliphatic rings. The number of aromatic hydroxyl groups is 1. The molecular formula is C20H21Br2NO6. The van der Waals surface area contributed by atoms with Gasteiger partial charge in [0.1, 0.15) is 17.9 Å². The Kier molecular flexibility index (Phi) is 7.67. The zero-order valence-electron chi connectivity index (χ0n) is 16.0. The summed E-state index contributed by atoms with van der Waals surface area (Å²) >= 11 is 6.86. The quantitative estimate of drug-likeness (QED) is 0.372. The third-order valence-corrected chi connectivity index (χ3v) is 5.75. The van der Waals surface area contributed by atoms with Crippen molar-refractivity contribution in [1.82, 2.24) is 0 Å². The number of hydrogen-bond acceptors (Lipinski definition) is 5. The summed E-state index contributed by atoms with van der Waals surface area (Å²) in [6.45, 7) is 5.25. The molecule has 0 atom stereocenters. The van der Waals surface area contributed by atoms with Crippen molar-refractivity contribution in [2.45, 2.75) is 39.7 Å². The van der Waals surface area contributed by atoms with Gasteiger partial charge in [-0.3, -0.25) is 9.59 Å². The van der Waals surface area contributed by atoms with Gasteiger partial charge in [-0.1, -0.05) is 13.8 Å². The highest BCUT2D eigenvalue weighted by Crippen LogP contribution is 2.43. The van der Waals surface area contributed by atoms with E-state index in [9.17, 15) is 19.8 Å². The number of aliphatic hydroxyl groups excluding tert-OH is 1. The SMILES string of the molecule is Cc1c(NC(=O)CC(=O)O)cc(Br)c(Oc2cc(CO)c(O)c(C(C)C)c2)c1Br. The number of amides is 1. The number of carbonyl (C=O) groups excluding carboxylic acids is 1. The lowest BCUT2D eigenvalue weighted by molar-refractivity contribution is -0.139. The number of benzene rings is 2. The number of carbonyl (C=O) groups is 2. The molecule has 0 aliphatic heterocycles. The van der Waals surface area contributed by atoms with Gasteiger partial charge in [0, 0.05) is 16.8 Å². The number of halogens is 2. The summed E-state index contributed by atoms with van der Waals surface area (Å²) < 4.78 is 7.09. The highest BCUT2D eigenvalue weighted by molar-refractivity contribution is 9.11. The molecule has 0 radical (unpaired) electrons. The average molecular weight is 531 g/mol. The second-order valence-electron chi connectivity index (χ2n) is 6.73. The third-order valence-electron chi connectivity index (χ3n) is 4.21. The minimum Gasteiger partial charge on any atom is -0.507 e. The molecule has 4 N–H and O–H groups in total. The Morgan fingerprint density at radius 3 is 2.41 bits per heavy atom. The van der Waals surface area contributed by atoms with Crippen molar-refractivity contribution in [3.63, 3.8) is 0 Å². The Morgan fingerprint density at radius 1 is 1.21 bits per heavy atom. The zero-order chi connectivity index (χ0) is 21.9. The Labute approximate surface area is 185 Å². The molecule has 1 amide bonds. The summed E-state index contributed by atoms with van der Waals surface area (Å²) in [5.41, 5.74) is 2.08. The van der Waals surface area contributed by atoms with Crippen LogP contribution in [0.15, 0.2) is 27.1 Å². The molecule has 0 aromatic heterocycles. The molecule has 156 valence electrons. The van der Waals surface area contributed by atoms with Crippen LogP contribution in [0, 0.1) is 6.92 Å². The molecule has 0 spiro atoms. The molecule has 2 aromatic carbocycles. The van der Waals surface area contributed by atoms with Crippen LogP contribution in [0.3, 0.4) is 0 Å². The Bertz CT molecular complexity index is 959. The van der Waals surface area contributed by atoms with Crippen molar-refractivity contribution in [1.29, 1.82) is 0 Å². The van der Waals surface area contributed by atoms with Gasteiger partial charge < -0.3 is 25.4 Å². The van der Waals surface area contributed by atoms with Crippen LogP contribution in [0.4, 0.5) is 5.69 Å². The molecule has 0 aliphatic carbocycles. The lowest BCUT2D eigenvalue weighted by Gasteiger charge is -2.18. The number of carboxylic acid groups (broad SMARTS) is 1. The van der Waals surface area contributed by atoms with Crippen molar-refractivity contribution in [2.75, 3.05) is 5.32 Å². The smallest absolute Gasteiger partial charge is 0.312 e. The van der Waals surface area contributed by atoms with E-state index in [-0.39, 0.29) is 18.3 Å². The Balaban J connectivity index is 2.42. The normalized spacial score (nSPS) is 10.9. The highest BCUT2D eigenvalue weighted by atomic mass is 79.9. The molecule has 29 heavy (non-hydrogen) atoms. The van der Waals surface area contributed by atoms with E-state index in [2.05, 4.69) is 37.2 Å². The van der Waals surface area contributed by atoms with E-state index in [0.29, 0.717) is 42.8 Å². The molecular weight excluding hydrogens is 510 g/mol. The van der Waals surface area contributed by atoms with Crippen LogP contribution in [-0.4, -0.2) is 27.2 Å². The third kappa shape index (κ3) is 5.49. The van der Waals surface area contributed by atoms with Crippen molar-refractivity contribution in [2.24, 2.45) is 0 Å². The first-order valence-corrected chi connectivity index (χ1v) is 10.3. The molecule has 0 saturated carbocycles. The van der Waals surface area contributed by atoms with Crippen LogP contribution < -0.4 is 10.1 Å². The van der Waals surface area contributed by atoms with Crippen LogP contribution in [0.2, 0.25) is 0 Å². The molecule has 0 fully saturated rings. The lowest BCUT2D eigenvalue weighted by Crippen LogP contribution is -2.16. The van der Waals surface area contributed by atoms with E-state index in [1.54, 1.807) is 25.1 Å². The van der Waals surface area contributed by atoms with Crippen molar-refractivity contribution < 1.29 is 29.6 Å². The highest BCUT2D eigenvalue weighted by Gasteiger charge is 2.19. The minimum absolute atomic E-state index is 0.0179. The van der Waals surface area contributed by atoms with Gasteiger partial charge in [0.15, 0.2) is 5.75 Å². The first-order valence-electron chi connectivity index (χ1n) is 8.69. The van der Waals surface area contributed by atoms with Crippen LogP contribution in [0.1, 0.15) is 42.9 Å².